The van der Waals surface area contributed by atoms with Gasteiger partial charge in [0.05, 0.1) is 6.54 Å². The van der Waals surface area contributed by atoms with Gasteiger partial charge < -0.3 is 9.77 Å². The highest BCUT2D eigenvalue weighted by atomic mass is 35.5. The zero-order valence-electron chi connectivity index (χ0n) is 11.2. The van der Waals surface area contributed by atoms with Crippen molar-refractivity contribution in [2.24, 2.45) is 10.1 Å². The molecule has 0 aromatic carbocycles. The maximum Gasteiger partial charge on any atom is 0.311 e. The number of oxime groups is 1. The van der Waals surface area contributed by atoms with Crippen LogP contribution in [0.4, 0.5) is 0 Å². The lowest BCUT2D eigenvalue weighted by atomic mass is 10.3. The first-order chi connectivity index (χ1) is 10.6. The highest BCUT2D eigenvalue weighted by Gasteiger charge is 2.10. The van der Waals surface area contributed by atoms with Crippen LogP contribution in [0.5, 0.6) is 0 Å². The fourth-order valence-corrected chi connectivity index (χ4v) is 1.78. The topological polar surface area (TPSA) is 104 Å². The average molecular weight is 316 g/mol. The van der Waals surface area contributed by atoms with Gasteiger partial charge in [0.1, 0.15) is 16.7 Å². The second kappa shape index (κ2) is 7.15. The predicted octanol–water partition coefficient (Wildman–Crippen LogP) is 1.37. The number of halogens is 1. The van der Waals surface area contributed by atoms with Crippen molar-refractivity contribution in [3.8, 4) is 6.07 Å². The second-order valence-electron chi connectivity index (χ2n) is 4.15. The van der Waals surface area contributed by atoms with Crippen LogP contribution >= 0.6 is 11.6 Å². The first kappa shape index (κ1) is 15.4. The number of aromatic nitrogens is 2. The van der Waals surface area contributed by atoms with Gasteiger partial charge in [0.15, 0.2) is 0 Å². The highest BCUT2D eigenvalue weighted by Crippen LogP contribution is 2.06. The number of hydrogen-bond acceptors (Lipinski definition) is 5. The zero-order chi connectivity index (χ0) is 15.9. The van der Waals surface area contributed by atoms with Crippen molar-refractivity contribution in [3.05, 3.63) is 58.9 Å². The van der Waals surface area contributed by atoms with Crippen molar-refractivity contribution < 1.29 is 10.0 Å². The molecule has 0 atom stereocenters. The molecule has 0 unspecified atom stereocenters. The van der Waals surface area contributed by atoms with E-state index >= 15 is 0 Å². The standard InChI is InChI=1S/C14H10ClN5O2/c15-12-5-4-10(8-17-12)9-20-6-2-1-3-13(20)18-14(21)11(7-16)19-22/h1-6,8,22H,9H2/b18-13?,19-11+. The largest absolute Gasteiger partial charge is 0.410 e. The quantitative estimate of drug-likeness (QED) is 0.400. The van der Waals surface area contributed by atoms with E-state index in [2.05, 4.69) is 15.1 Å². The Hall–Kier alpha value is -2.98. The first-order valence-electron chi connectivity index (χ1n) is 6.11. The zero-order valence-corrected chi connectivity index (χ0v) is 12.0. The SMILES string of the molecule is N#C/C(=N\O)C(=O)N=c1ccccn1Cc1ccc(Cl)nc1. The smallest absolute Gasteiger partial charge is 0.311 e. The van der Waals surface area contributed by atoms with E-state index in [0.29, 0.717) is 17.2 Å². The number of amides is 1. The van der Waals surface area contributed by atoms with E-state index in [0.717, 1.165) is 5.56 Å². The summed E-state index contributed by atoms with van der Waals surface area (Å²) in [5.74, 6) is -0.917. The van der Waals surface area contributed by atoms with Crippen molar-refractivity contribution in [2.45, 2.75) is 6.54 Å². The molecule has 0 saturated heterocycles. The van der Waals surface area contributed by atoms with Crippen LogP contribution in [-0.2, 0) is 11.3 Å². The first-order valence-corrected chi connectivity index (χ1v) is 6.49. The summed E-state index contributed by atoms with van der Waals surface area (Å²) in [4.78, 5) is 19.5. The molecule has 7 nitrogen and oxygen atoms in total. The number of rotatable bonds is 3. The Labute approximate surface area is 130 Å². The second-order valence-corrected chi connectivity index (χ2v) is 4.54. The Bertz CT molecular complexity index is 818. The molecule has 0 spiro atoms. The molecule has 0 aliphatic rings. The van der Waals surface area contributed by atoms with E-state index in [1.165, 1.54) is 6.07 Å². The Morgan fingerprint density at radius 2 is 2.23 bits per heavy atom. The molecule has 0 aliphatic heterocycles. The van der Waals surface area contributed by atoms with Crippen LogP contribution in [0, 0.1) is 11.3 Å². The fourth-order valence-electron chi connectivity index (χ4n) is 1.67. The van der Waals surface area contributed by atoms with Crippen molar-refractivity contribution in [1.29, 1.82) is 5.26 Å². The van der Waals surface area contributed by atoms with Crippen molar-refractivity contribution in [3.63, 3.8) is 0 Å². The number of hydrogen-bond donors (Lipinski definition) is 1. The van der Waals surface area contributed by atoms with Gasteiger partial charge in [0.25, 0.3) is 0 Å². The predicted molar refractivity (Wildman–Crippen MR) is 78.2 cm³/mol. The van der Waals surface area contributed by atoms with E-state index in [4.69, 9.17) is 22.1 Å². The molecule has 0 saturated carbocycles. The van der Waals surface area contributed by atoms with Gasteiger partial charge in [-0.25, -0.2) is 4.98 Å². The summed E-state index contributed by atoms with van der Waals surface area (Å²) in [7, 11) is 0. The molecule has 22 heavy (non-hydrogen) atoms. The van der Waals surface area contributed by atoms with Gasteiger partial charge in [-0.1, -0.05) is 28.9 Å². The molecule has 0 fully saturated rings. The van der Waals surface area contributed by atoms with Gasteiger partial charge in [-0.15, -0.1) is 0 Å². The number of nitriles is 1. The molecule has 0 radical (unpaired) electrons. The van der Waals surface area contributed by atoms with Crippen LogP contribution in [0.3, 0.4) is 0 Å². The summed E-state index contributed by atoms with van der Waals surface area (Å²) in [5.41, 5.74) is 0.503. The van der Waals surface area contributed by atoms with Crippen LogP contribution in [-0.4, -0.2) is 26.4 Å². The van der Waals surface area contributed by atoms with Gasteiger partial charge >= 0.3 is 5.91 Å². The van der Waals surface area contributed by atoms with Crippen LogP contribution in [0.25, 0.3) is 0 Å². The summed E-state index contributed by atoms with van der Waals surface area (Å²) < 4.78 is 1.69. The van der Waals surface area contributed by atoms with Gasteiger partial charge in [-0.05, 0) is 23.8 Å². The minimum absolute atomic E-state index is 0.318. The highest BCUT2D eigenvalue weighted by molar-refractivity contribution is 6.45. The molecule has 0 bridgehead atoms. The fraction of sp³-hybridized carbons (Fsp3) is 0.0714. The van der Waals surface area contributed by atoms with Gasteiger partial charge in [-0.2, -0.15) is 10.3 Å². The van der Waals surface area contributed by atoms with E-state index < -0.39 is 11.6 Å². The number of carbonyl (C=O) groups is 1. The van der Waals surface area contributed by atoms with Gasteiger partial charge in [0, 0.05) is 12.4 Å². The van der Waals surface area contributed by atoms with Gasteiger partial charge in [-0.3, -0.25) is 4.79 Å². The van der Waals surface area contributed by atoms with Gasteiger partial charge in [0.2, 0.25) is 5.71 Å². The molecule has 2 heterocycles. The summed E-state index contributed by atoms with van der Waals surface area (Å²) in [5, 5.41) is 20.2. The third kappa shape index (κ3) is 3.77. The van der Waals surface area contributed by atoms with Crippen LogP contribution in [0.1, 0.15) is 5.56 Å². The van der Waals surface area contributed by atoms with E-state index in [1.807, 2.05) is 0 Å². The molecule has 2 rings (SSSR count). The van der Waals surface area contributed by atoms with Crippen LogP contribution in [0.15, 0.2) is 52.9 Å². The lowest BCUT2D eigenvalue weighted by molar-refractivity contribution is -0.112. The van der Waals surface area contributed by atoms with Crippen molar-refractivity contribution in [1.82, 2.24) is 9.55 Å². The molecule has 8 heteroatoms. The summed E-state index contributed by atoms with van der Waals surface area (Å²) in [6.07, 6.45) is 3.34. The molecule has 1 N–H and O–H groups in total. The van der Waals surface area contributed by atoms with E-state index in [1.54, 1.807) is 47.3 Å². The minimum atomic E-state index is -0.917. The van der Waals surface area contributed by atoms with Crippen LogP contribution in [0.2, 0.25) is 5.15 Å². The lowest BCUT2D eigenvalue weighted by Crippen LogP contribution is -2.24. The molecule has 110 valence electrons. The maximum atomic E-state index is 11.7. The molecular formula is C14H10ClN5O2. The lowest BCUT2D eigenvalue weighted by Gasteiger charge is -2.06. The molecule has 1 amide bonds. The Balaban J connectivity index is 2.37. The summed E-state index contributed by atoms with van der Waals surface area (Å²) in [6, 6.07) is 10.0. The maximum absolute atomic E-state index is 11.7. The number of pyridine rings is 2. The summed E-state index contributed by atoms with van der Waals surface area (Å²) in [6.45, 7) is 0.412. The molecular weight excluding hydrogens is 306 g/mol. The third-order valence-corrected chi connectivity index (χ3v) is 2.91. The third-order valence-electron chi connectivity index (χ3n) is 2.68. The van der Waals surface area contributed by atoms with E-state index in [9.17, 15) is 4.79 Å². The molecule has 2 aromatic rings. The molecule has 2 aromatic heterocycles. The minimum Gasteiger partial charge on any atom is -0.410 e. The Kier molecular flexibility index (Phi) is 5.01. The van der Waals surface area contributed by atoms with Crippen molar-refractivity contribution >= 4 is 23.2 Å². The Morgan fingerprint density at radius 3 is 2.86 bits per heavy atom. The monoisotopic (exact) mass is 315 g/mol. The molecule has 0 aliphatic carbocycles. The number of nitrogens with zero attached hydrogens (tertiary/aromatic N) is 5. The van der Waals surface area contributed by atoms with Crippen molar-refractivity contribution in [2.75, 3.05) is 0 Å². The average Bonchev–Trinajstić information content (AvgIpc) is 2.52. The normalized spacial score (nSPS) is 12.0. The van der Waals surface area contributed by atoms with E-state index in [-0.39, 0.29) is 0 Å². The Morgan fingerprint density at radius 1 is 1.41 bits per heavy atom. The summed E-state index contributed by atoms with van der Waals surface area (Å²) >= 11 is 5.73. The number of carbonyl (C=O) groups excluding carboxylic acids is 1. The van der Waals surface area contributed by atoms with Crippen LogP contribution < -0.4 is 5.49 Å².